The number of nitrogens with one attached hydrogen (secondary N) is 3. The van der Waals surface area contributed by atoms with Gasteiger partial charge in [-0.15, -0.1) is 0 Å². The number of piperazine rings is 1. The van der Waals surface area contributed by atoms with Crippen molar-refractivity contribution >= 4 is 40.6 Å². The quantitative estimate of drug-likeness (QED) is 0.359. The van der Waals surface area contributed by atoms with Crippen LogP contribution in [-0.2, 0) is 0 Å². The first-order chi connectivity index (χ1) is 20.7. The van der Waals surface area contributed by atoms with Gasteiger partial charge in [0.1, 0.15) is 22.8 Å². The van der Waals surface area contributed by atoms with Gasteiger partial charge in [-0.25, -0.2) is 13.8 Å². The lowest BCUT2D eigenvalue weighted by atomic mass is 9.92. The van der Waals surface area contributed by atoms with Crippen LogP contribution < -0.4 is 21.1 Å². The Morgan fingerprint density at radius 1 is 1.28 bits per heavy atom. The van der Waals surface area contributed by atoms with Crippen LogP contribution in [0.2, 0.25) is 0 Å². The number of aryl methyl sites for hydroxylation is 1. The summed E-state index contributed by atoms with van der Waals surface area (Å²) < 4.78 is 32.1. The third-order valence-electron chi connectivity index (χ3n) is 9.87. The fourth-order valence-corrected chi connectivity index (χ4v) is 8.95. The number of aliphatic imine (C=N–C) groups is 1. The molecular formula is C33H35F2N7S. The Kier molecular flexibility index (Phi) is 6.95. The maximum absolute atomic E-state index is 17.3. The zero-order valence-electron chi connectivity index (χ0n) is 24.3. The number of fused-ring (bicyclic) bond motifs is 4. The molecule has 222 valence electrons. The number of nitriles is 1. The maximum atomic E-state index is 17.3. The van der Waals surface area contributed by atoms with Gasteiger partial charge in [0.25, 0.3) is 0 Å². The van der Waals surface area contributed by atoms with Gasteiger partial charge in [0.15, 0.2) is 5.82 Å². The SMILES string of the molecule is C=N/C(=c1/cc(C)c(=c2ccc(F)c3c2=C(C#N)C(=N)S3)c(F)c1NCC12CCCN1CC(=C)C2)N1CC2CCC(C1)N2. The number of likely N-dealkylation sites (tertiary alicyclic amines) is 1. The number of benzene rings is 2. The Morgan fingerprint density at radius 3 is 2.77 bits per heavy atom. The van der Waals surface area contributed by atoms with E-state index in [1.54, 1.807) is 0 Å². The van der Waals surface area contributed by atoms with E-state index in [2.05, 4.69) is 44.8 Å². The van der Waals surface area contributed by atoms with E-state index >= 15 is 4.39 Å². The summed E-state index contributed by atoms with van der Waals surface area (Å²) in [6.07, 6.45) is 5.18. The smallest absolute Gasteiger partial charge is 0.155 e. The first-order valence-corrected chi connectivity index (χ1v) is 15.8. The maximum Gasteiger partial charge on any atom is 0.155 e. The molecule has 43 heavy (non-hydrogen) atoms. The first-order valence-electron chi connectivity index (χ1n) is 14.9. The lowest BCUT2D eigenvalue weighted by Gasteiger charge is -2.35. The number of hydrogen-bond donors (Lipinski definition) is 3. The van der Waals surface area contributed by atoms with E-state index < -0.39 is 11.6 Å². The van der Waals surface area contributed by atoms with Gasteiger partial charge in [-0.05, 0) is 75.2 Å². The summed E-state index contributed by atoms with van der Waals surface area (Å²) in [4.78, 5) is 9.36. The molecule has 5 aliphatic rings. The van der Waals surface area contributed by atoms with Gasteiger partial charge in [-0.2, -0.15) is 5.26 Å². The van der Waals surface area contributed by atoms with Crippen LogP contribution >= 0.6 is 11.8 Å². The van der Waals surface area contributed by atoms with Gasteiger partial charge in [-0.3, -0.25) is 10.3 Å². The van der Waals surface area contributed by atoms with Crippen LogP contribution in [0.15, 0.2) is 40.2 Å². The van der Waals surface area contributed by atoms with Crippen molar-refractivity contribution in [3.63, 3.8) is 0 Å². The molecule has 7 nitrogen and oxygen atoms in total. The average Bonchev–Trinajstić information content (AvgIpc) is 3.70. The molecule has 3 atom stereocenters. The summed E-state index contributed by atoms with van der Waals surface area (Å²) in [5.74, 6) is -0.341. The van der Waals surface area contributed by atoms with Crippen molar-refractivity contribution in [2.24, 2.45) is 4.99 Å². The molecule has 0 amide bonds. The lowest BCUT2D eigenvalue weighted by molar-refractivity contribution is 0.209. The van der Waals surface area contributed by atoms with Gasteiger partial charge >= 0.3 is 0 Å². The summed E-state index contributed by atoms with van der Waals surface area (Å²) in [6, 6.07) is 7.56. The van der Waals surface area contributed by atoms with Crippen molar-refractivity contribution in [3.05, 3.63) is 68.4 Å². The third kappa shape index (κ3) is 4.52. The van der Waals surface area contributed by atoms with E-state index in [9.17, 15) is 9.65 Å². The van der Waals surface area contributed by atoms with Crippen molar-refractivity contribution in [2.45, 2.75) is 61.5 Å². The molecule has 2 aromatic rings. The van der Waals surface area contributed by atoms with Crippen LogP contribution in [0.25, 0.3) is 11.4 Å². The molecule has 0 radical (unpaired) electrons. The van der Waals surface area contributed by atoms with Crippen LogP contribution in [0.3, 0.4) is 0 Å². The molecule has 2 bridgehead atoms. The molecule has 4 fully saturated rings. The minimum Gasteiger partial charge on any atom is -0.380 e. The van der Waals surface area contributed by atoms with Gasteiger partial charge in [0.05, 0.1) is 16.2 Å². The van der Waals surface area contributed by atoms with Crippen LogP contribution in [0.1, 0.15) is 37.7 Å². The number of rotatable bonds is 5. The molecule has 5 heterocycles. The minimum absolute atomic E-state index is 0.0291. The largest absolute Gasteiger partial charge is 0.380 e. The average molecular weight is 600 g/mol. The van der Waals surface area contributed by atoms with Gasteiger partial charge in [0, 0.05) is 59.5 Å². The summed E-state index contributed by atoms with van der Waals surface area (Å²) >= 11 is 0.906. The van der Waals surface area contributed by atoms with Crippen LogP contribution in [0.5, 0.6) is 0 Å². The van der Waals surface area contributed by atoms with E-state index in [-0.39, 0.29) is 26.3 Å². The van der Waals surface area contributed by atoms with Gasteiger partial charge in [-0.1, -0.05) is 30.0 Å². The number of halogens is 2. The zero-order valence-corrected chi connectivity index (χ0v) is 25.1. The summed E-state index contributed by atoms with van der Waals surface area (Å²) in [6.45, 7) is 14.0. The van der Waals surface area contributed by atoms with Crippen LogP contribution in [0, 0.1) is 45.7 Å². The molecule has 0 saturated carbocycles. The Balaban J connectivity index is 1.50. The Hall–Kier alpha value is -3.52. The lowest BCUT2D eigenvalue weighted by Crippen LogP contribution is -2.51. The van der Waals surface area contributed by atoms with Gasteiger partial charge in [0.2, 0.25) is 0 Å². The second-order valence-corrected chi connectivity index (χ2v) is 13.6. The number of hydrogen-bond acceptors (Lipinski definition) is 8. The van der Waals surface area contributed by atoms with Crippen molar-refractivity contribution in [2.75, 3.05) is 38.0 Å². The monoisotopic (exact) mass is 599 g/mol. The van der Waals surface area contributed by atoms with Gasteiger partial charge < -0.3 is 15.5 Å². The second kappa shape index (κ2) is 10.6. The van der Waals surface area contributed by atoms with Crippen LogP contribution in [0.4, 0.5) is 14.5 Å². The summed E-state index contributed by atoms with van der Waals surface area (Å²) in [5.41, 5.74) is 2.12. The van der Waals surface area contributed by atoms with Crippen molar-refractivity contribution in [1.82, 2.24) is 15.1 Å². The molecule has 3 N–H and O–H groups in total. The molecular weight excluding hydrogens is 564 g/mol. The topological polar surface area (TPSA) is 90.5 Å². The Labute approximate surface area is 253 Å². The fraction of sp³-hybridized carbons (Fsp3) is 0.424. The van der Waals surface area contributed by atoms with E-state index in [1.807, 2.05) is 13.0 Å². The fourth-order valence-electron chi connectivity index (χ4n) is 8.02. The summed E-state index contributed by atoms with van der Waals surface area (Å²) in [5, 5.41) is 27.0. The van der Waals surface area contributed by atoms with E-state index in [0.29, 0.717) is 51.4 Å². The highest BCUT2D eigenvalue weighted by Crippen LogP contribution is 2.41. The van der Waals surface area contributed by atoms with E-state index in [0.717, 1.165) is 70.0 Å². The highest BCUT2D eigenvalue weighted by Gasteiger charge is 2.45. The molecule has 2 aromatic carbocycles. The number of anilines is 1. The second-order valence-electron chi connectivity index (χ2n) is 12.6. The standard InChI is InChI=1S/C33H35F2N7S/c1-18-12-33(9-4-10-42(33)14-18)17-39-29-23(32(38-3)41-15-20-5-6-21(16-41)40-20)11-19(2)26(28(29)35)22-7-8-25(34)30-27(22)24(13-36)31(37)43-30/h7-8,11,20-21,37,39-40H,1,3-6,9-10,12,14-17H2,2H3/b26-22?,32-23+,37-31?. The number of nitrogens with zero attached hydrogens (tertiary/aromatic N) is 4. The third-order valence-corrected chi connectivity index (χ3v) is 10.9. The molecule has 4 saturated heterocycles. The highest BCUT2D eigenvalue weighted by atomic mass is 32.2. The highest BCUT2D eigenvalue weighted by molar-refractivity contribution is 8.15. The van der Waals surface area contributed by atoms with Crippen molar-refractivity contribution in [3.8, 4) is 6.07 Å². The predicted octanol–water partition coefficient (Wildman–Crippen LogP) is 3.73. The Bertz CT molecular complexity index is 1850. The Morgan fingerprint density at radius 2 is 2.05 bits per heavy atom. The van der Waals surface area contributed by atoms with E-state index in [4.69, 9.17) is 5.41 Å². The predicted molar refractivity (Wildman–Crippen MR) is 167 cm³/mol. The minimum atomic E-state index is -0.520. The normalized spacial score (nSPS) is 27.8. The molecule has 10 heteroatoms. The summed E-state index contributed by atoms with van der Waals surface area (Å²) in [7, 11) is 0. The van der Waals surface area contributed by atoms with Crippen molar-refractivity contribution in [1.29, 1.82) is 10.7 Å². The molecule has 5 aliphatic heterocycles. The molecule has 3 unspecified atom stereocenters. The zero-order chi connectivity index (χ0) is 30.0. The van der Waals surface area contributed by atoms with E-state index in [1.165, 1.54) is 17.7 Å². The molecule has 7 rings (SSSR count). The number of thioether (sulfide) groups is 1. The van der Waals surface area contributed by atoms with Crippen LogP contribution in [-0.4, -0.2) is 71.9 Å². The molecule has 0 spiro atoms. The molecule has 0 aliphatic carbocycles. The molecule has 0 aromatic heterocycles. The first kappa shape index (κ1) is 28.3. The van der Waals surface area contributed by atoms with Crippen molar-refractivity contribution < 1.29 is 8.78 Å².